The standard InChI is InChI=1S/C17H25N3O/c1-13(2)20(3)17-15(12-18-9-10-21-4)11-14-7-5-6-8-16(14)19-17/h5-8,11,13,18H,9-10,12H2,1-4H3. The maximum Gasteiger partial charge on any atom is 0.133 e. The van der Waals surface area contributed by atoms with E-state index in [9.17, 15) is 0 Å². The highest BCUT2D eigenvalue weighted by Crippen LogP contribution is 2.24. The second kappa shape index (κ2) is 7.38. The van der Waals surface area contributed by atoms with Gasteiger partial charge in [-0.25, -0.2) is 4.98 Å². The van der Waals surface area contributed by atoms with Crippen LogP contribution in [0.25, 0.3) is 10.9 Å². The Morgan fingerprint density at radius 3 is 2.76 bits per heavy atom. The van der Waals surface area contributed by atoms with Gasteiger partial charge in [-0.15, -0.1) is 0 Å². The first-order valence-corrected chi connectivity index (χ1v) is 7.44. The molecule has 0 fully saturated rings. The largest absolute Gasteiger partial charge is 0.383 e. The Labute approximate surface area is 127 Å². The minimum atomic E-state index is 0.413. The number of aromatic nitrogens is 1. The summed E-state index contributed by atoms with van der Waals surface area (Å²) in [5, 5.41) is 4.59. The summed E-state index contributed by atoms with van der Waals surface area (Å²) in [4.78, 5) is 7.07. The van der Waals surface area contributed by atoms with Crippen LogP contribution >= 0.6 is 0 Å². The molecule has 0 saturated carbocycles. The highest BCUT2D eigenvalue weighted by Gasteiger charge is 2.13. The van der Waals surface area contributed by atoms with Crippen molar-refractivity contribution in [1.29, 1.82) is 0 Å². The highest BCUT2D eigenvalue weighted by atomic mass is 16.5. The summed E-state index contributed by atoms with van der Waals surface area (Å²) in [5.41, 5.74) is 2.27. The Morgan fingerprint density at radius 2 is 2.05 bits per heavy atom. The minimum absolute atomic E-state index is 0.413. The molecule has 0 amide bonds. The first kappa shape index (κ1) is 15.7. The van der Waals surface area contributed by atoms with Gasteiger partial charge in [-0.1, -0.05) is 18.2 Å². The number of nitrogens with zero attached hydrogens (tertiary/aromatic N) is 2. The molecule has 0 spiro atoms. The van der Waals surface area contributed by atoms with Crippen LogP contribution in [-0.4, -0.2) is 38.3 Å². The molecule has 0 atom stereocenters. The van der Waals surface area contributed by atoms with Crippen molar-refractivity contribution in [3.8, 4) is 0 Å². The van der Waals surface area contributed by atoms with Crippen LogP contribution in [0.2, 0.25) is 0 Å². The summed E-state index contributed by atoms with van der Waals surface area (Å²) in [6.45, 7) is 6.72. The molecule has 0 aliphatic carbocycles. The number of fused-ring (bicyclic) bond motifs is 1. The number of methoxy groups -OCH3 is 1. The summed E-state index contributed by atoms with van der Waals surface area (Å²) in [7, 11) is 3.82. The zero-order valence-corrected chi connectivity index (χ0v) is 13.4. The van der Waals surface area contributed by atoms with Crippen LogP contribution in [0.15, 0.2) is 30.3 Å². The van der Waals surface area contributed by atoms with Crippen molar-refractivity contribution < 1.29 is 4.74 Å². The molecule has 21 heavy (non-hydrogen) atoms. The van der Waals surface area contributed by atoms with Crippen LogP contribution in [0.5, 0.6) is 0 Å². The highest BCUT2D eigenvalue weighted by molar-refractivity contribution is 5.81. The Hall–Kier alpha value is -1.65. The van der Waals surface area contributed by atoms with E-state index in [-0.39, 0.29) is 0 Å². The lowest BCUT2D eigenvalue weighted by atomic mass is 10.1. The number of rotatable bonds is 7. The van der Waals surface area contributed by atoms with Gasteiger partial charge in [-0.2, -0.15) is 0 Å². The van der Waals surface area contributed by atoms with Crippen LogP contribution in [0, 0.1) is 0 Å². The average Bonchev–Trinajstić information content (AvgIpc) is 2.50. The number of pyridine rings is 1. The third-order valence-corrected chi connectivity index (χ3v) is 3.69. The van der Waals surface area contributed by atoms with Gasteiger partial charge in [0.1, 0.15) is 5.82 Å². The third-order valence-electron chi connectivity index (χ3n) is 3.69. The number of para-hydroxylation sites is 1. The number of ether oxygens (including phenoxy) is 1. The molecular formula is C17H25N3O. The van der Waals surface area contributed by atoms with E-state index in [1.165, 1.54) is 10.9 Å². The summed E-state index contributed by atoms with van der Waals surface area (Å²) >= 11 is 0. The number of hydrogen-bond donors (Lipinski definition) is 1. The van der Waals surface area contributed by atoms with Crippen molar-refractivity contribution in [2.45, 2.75) is 26.4 Å². The third kappa shape index (κ3) is 3.93. The molecule has 114 valence electrons. The predicted molar refractivity (Wildman–Crippen MR) is 88.9 cm³/mol. The Morgan fingerprint density at radius 1 is 1.29 bits per heavy atom. The van der Waals surface area contributed by atoms with E-state index in [2.05, 4.69) is 55.4 Å². The Balaban J connectivity index is 2.32. The average molecular weight is 287 g/mol. The van der Waals surface area contributed by atoms with E-state index >= 15 is 0 Å². The lowest BCUT2D eigenvalue weighted by molar-refractivity contribution is 0.199. The molecule has 1 aromatic carbocycles. The minimum Gasteiger partial charge on any atom is -0.383 e. The molecule has 0 aliphatic rings. The van der Waals surface area contributed by atoms with Crippen molar-refractivity contribution in [2.24, 2.45) is 0 Å². The van der Waals surface area contributed by atoms with E-state index in [4.69, 9.17) is 9.72 Å². The first-order valence-electron chi connectivity index (χ1n) is 7.44. The van der Waals surface area contributed by atoms with Gasteiger partial charge in [-0.05, 0) is 26.0 Å². The SMILES string of the molecule is COCCNCc1cc2ccccc2nc1N(C)C(C)C. The molecule has 2 rings (SSSR count). The van der Waals surface area contributed by atoms with Gasteiger partial charge in [0.2, 0.25) is 0 Å². The van der Waals surface area contributed by atoms with Gasteiger partial charge in [-0.3, -0.25) is 0 Å². The van der Waals surface area contributed by atoms with Gasteiger partial charge in [0, 0.05) is 44.2 Å². The number of hydrogen-bond acceptors (Lipinski definition) is 4. The maximum absolute atomic E-state index is 5.08. The summed E-state index contributed by atoms with van der Waals surface area (Å²) in [5.74, 6) is 1.05. The van der Waals surface area contributed by atoms with E-state index in [1.807, 2.05) is 6.07 Å². The van der Waals surface area contributed by atoms with Crippen LogP contribution < -0.4 is 10.2 Å². The molecule has 1 heterocycles. The van der Waals surface area contributed by atoms with Crippen molar-refractivity contribution in [1.82, 2.24) is 10.3 Å². The summed E-state index contributed by atoms with van der Waals surface area (Å²) in [6, 6.07) is 10.9. The maximum atomic E-state index is 5.08. The fourth-order valence-electron chi connectivity index (χ4n) is 2.23. The van der Waals surface area contributed by atoms with Crippen molar-refractivity contribution in [3.05, 3.63) is 35.9 Å². The van der Waals surface area contributed by atoms with E-state index in [0.29, 0.717) is 6.04 Å². The van der Waals surface area contributed by atoms with Gasteiger partial charge < -0.3 is 15.0 Å². The van der Waals surface area contributed by atoms with E-state index in [1.54, 1.807) is 7.11 Å². The van der Waals surface area contributed by atoms with Gasteiger partial charge in [0.15, 0.2) is 0 Å². The molecule has 4 nitrogen and oxygen atoms in total. The molecular weight excluding hydrogens is 262 g/mol. The van der Waals surface area contributed by atoms with Gasteiger partial charge in [0.05, 0.1) is 12.1 Å². The molecule has 0 saturated heterocycles. The molecule has 0 radical (unpaired) electrons. The number of anilines is 1. The fourth-order valence-corrected chi connectivity index (χ4v) is 2.23. The second-order valence-electron chi connectivity index (χ2n) is 5.54. The molecule has 2 aromatic rings. The van der Waals surface area contributed by atoms with E-state index in [0.717, 1.165) is 31.0 Å². The topological polar surface area (TPSA) is 37.4 Å². The molecule has 0 bridgehead atoms. The van der Waals surface area contributed by atoms with Crippen LogP contribution in [0.1, 0.15) is 19.4 Å². The normalized spacial score (nSPS) is 11.3. The molecule has 1 aromatic heterocycles. The number of benzene rings is 1. The fraction of sp³-hybridized carbons (Fsp3) is 0.471. The van der Waals surface area contributed by atoms with Gasteiger partial charge in [0.25, 0.3) is 0 Å². The molecule has 0 unspecified atom stereocenters. The first-order chi connectivity index (χ1) is 10.1. The smallest absolute Gasteiger partial charge is 0.133 e. The van der Waals surface area contributed by atoms with Crippen LogP contribution in [0.4, 0.5) is 5.82 Å². The number of nitrogens with one attached hydrogen (secondary N) is 1. The molecule has 0 aliphatic heterocycles. The van der Waals surface area contributed by atoms with Crippen molar-refractivity contribution in [3.63, 3.8) is 0 Å². The van der Waals surface area contributed by atoms with E-state index < -0.39 is 0 Å². The summed E-state index contributed by atoms with van der Waals surface area (Å²) < 4.78 is 5.08. The zero-order valence-electron chi connectivity index (χ0n) is 13.4. The Bertz CT molecular complexity index is 583. The lowest BCUT2D eigenvalue weighted by Gasteiger charge is -2.25. The molecule has 4 heteroatoms. The van der Waals surface area contributed by atoms with Crippen molar-refractivity contribution >= 4 is 16.7 Å². The van der Waals surface area contributed by atoms with Crippen molar-refractivity contribution in [2.75, 3.05) is 32.2 Å². The predicted octanol–water partition coefficient (Wildman–Crippen LogP) is 2.82. The monoisotopic (exact) mass is 287 g/mol. The summed E-state index contributed by atoms with van der Waals surface area (Å²) in [6.07, 6.45) is 0. The second-order valence-corrected chi connectivity index (χ2v) is 5.54. The lowest BCUT2D eigenvalue weighted by Crippen LogP contribution is -2.29. The Kier molecular flexibility index (Phi) is 5.53. The quantitative estimate of drug-likeness (QED) is 0.795. The van der Waals surface area contributed by atoms with Crippen LogP contribution in [0.3, 0.4) is 0 Å². The zero-order chi connectivity index (χ0) is 15.2. The van der Waals surface area contributed by atoms with Gasteiger partial charge >= 0.3 is 0 Å². The van der Waals surface area contributed by atoms with Crippen LogP contribution in [-0.2, 0) is 11.3 Å². The molecule has 1 N–H and O–H groups in total.